The summed E-state index contributed by atoms with van der Waals surface area (Å²) in [6, 6.07) is 7.11. The van der Waals surface area contributed by atoms with Gasteiger partial charge in [0.1, 0.15) is 11.6 Å². The van der Waals surface area contributed by atoms with Gasteiger partial charge < -0.3 is 10.1 Å². The zero-order chi connectivity index (χ0) is 17.7. The van der Waals surface area contributed by atoms with Gasteiger partial charge in [0.2, 0.25) is 5.78 Å². The van der Waals surface area contributed by atoms with E-state index in [0.717, 1.165) is 9.13 Å². The van der Waals surface area contributed by atoms with E-state index < -0.39 is 17.7 Å². The number of amides is 1. The predicted octanol–water partition coefficient (Wildman–Crippen LogP) is 4.07. The van der Waals surface area contributed by atoms with Crippen molar-refractivity contribution in [2.75, 3.05) is 0 Å². The fraction of sp³-hybridized carbons (Fsp3) is 0.353. The molecule has 1 N–H and O–H groups in total. The Bertz CT molecular complexity index is 694. The summed E-state index contributed by atoms with van der Waals surface area (Å²) in [7, 11) is 0. The highest BCUT2D eigenvalue weighted by Gasteiger charge is 2.26. The minimum absolute atomic E-state index is 0.214. The molecule has 0 spiro atoms. The Labute approximate surface area is 159 Å². The smallest absolute Gasteiger partial charge is 0.408 e. The van der Waals surface area contributed by atoms with E-state index in [1.807, 2.05) is 24.3 Å². The number of hydrogen-bond acceptors (Lipinski definition) is 5. The largest absolute Gasteiger partial charge is 0.444 e. The summed E-state index contributed by atoms with van der Waals surface area (Å²) in [4.78, 5) is 28.8. The van der Waals surface area contributed by atoms with E-state index in [9.17, 15) is 9.59 Å². The lowest BCUT2D eigenvalue weighted by Gasteiger charge is -2.23. The third kappa shape index (κ3) is 5.86. The summed E-state index contributed by atoms with van der Waals surface area (Å²) in [5, 5.41) is 4.79. The molecule has 2 rings (SSSR count). The Morgan fingerprint density at radius 1 is 1.29 bits per heavy atom. The molecular formula is C17H19IN2O3S. The van der Waals surface area contributed by atoms with Crippen LogP contribution < -0.4 is 5.32 Å². The molecule has 0 unspecified atom stereocenters. The van der Waals surface area contributed by atoms with E-state index in [4.69, 9.17) is 4.74 Å². The molecule has 1 atom stereocenters. The van der Waals surface area contributed by atoms with Crippen molar-refractivity contribution in [3.63, 3.8) is 0 Å². The first-order valence-electron chi connectivity index (χ1n) is 7.42. The second kappa shape index (κ2) is 8.06. The molecule has 0 aliphatic heterocycles. The molecule has 1 heterocycles. The van der Waals surface area contributed by atoms with E-state index in [0.29, 0.717) is 11.4 Å². The monoisotopic (exact) mass is 458 g/mol. The minimum atomic E-state index is -0.717. The minimum Gasteiger partial charge on any atom is -0.444 e. The normalized spacial score (nSPS) is 12.5. The number of alkyl carbamates (subject to hydrolysis) is 1. The Hall–Kier alpha value is -1.48. The molecule has 1 aromatic carbocycles. The number of ketones is 1. The molecular weight excluding hydrogens is 439 g/mol. The predicted molar refractivity (Wildman–Crippen MR) is 102 cm³/mol. The zero-order valence-corrected chi connectivity index (χ0v) is 16.7. The number of halogens is 1. The van der Waals surface area contributed by atoms with Crippen molar-refractivity contribution < 1.29 is 14.3 Å². The number of benzene rings is 1. The third-order valence-electron chi connectivity index (χ3n) is 3.00. The van der Waals surface area contributed by atoms with Gasteiger partial charge in [-0.25, -0.2) is 9.78 Å². The van der Waals surface area contributed by atoms with Gasteiger partial charge in [0.05, 0.1) is 0 Å². The van der Waals surface area contributed by atoms with Crippen LogP contribution in [-0.2, 0) is 11.2 Å². The summed E-state index contributed by atoms with van der Waals surface area (Å²) in [5.41, 5.74) is 0.336. The van der Waals surface area contributed by atoms with Crippen LogP contribution in [0.4, 0.5) is 4.79 Å². The average Bonchev–Trinajstić information content (AvgIpc) is 3.00. The summed E-state index contributed by atoms with van der Waals surface area (Å²) < 4.78 is 6.38. The number of rotatable bonds is 5. The maximum atomic E-state index is 12.7. The molecule has 128 valence electrons. The van der Waals surface area contributed by atoms with Crippen LogP contribution in [0, 0.1) is 3.57 Å². The molecule has 7 heteroatoms. The summed E-state index contributed by atoms with van der Waals surface area (Å²) in [6.45, 7) is 5.34. The maximum Gasteiger partial charge on any atom is 0.408 e. The van der Waals surface area contributed by atoms with E-state index in [1.165, 1.54) is 11.3 Å². The van der Waals surface area contributed by atoms with E-state index in [1.54, 1.807) is 32.3 Å². The van der Waals surface area contributed by atoms with Crippen molar-refractivity contribution >= 4 is 45.8 Å². The van der Waals surface area contributed by atoms with Gasteiger partial charge in [-0.05, 0) is 61.1 Å². The zero-order valence-electron chi connectivity index (χ0n) is 13.7. The van der Waals surface area contributed by atoms with Crippen LogP contribution in [-0.4, -0.2) is 28.5 Å². The lowest BCUT2D eigenvalue weighted by Crippen LogP contribution is -2.44. The van der Waals surface area contributed by atoms with Crippen LogP contribution in [0.15, 0.2) is 35.8 Å². The van der Waals surface area contributed by atoms with Crippen LogP contribution >= 0.6 is 33.9 Å². The molecule has 5 nitrogen and oxygen atoms in total. The van der Waals surface area contributed by atoms with Gasteiger partial charge in [0.25, 0.3) is 0 Å². The van der Waals surface area contributed by atoms with Crippen LogP contribution in [0.25, 0.3) is 0 Å². The fourth-order valence-corrected chi connectivity index (χ4v) is 3.00. The number of Topliss-reactive ketones (excluding diaryl/α,β-unsaturated/α-hetero) is 1. The molecule has 1 aromatic heterocycles. The second-order valence-electron chi connectivity index (χ2n) is 6.23. The number of carbonyl (C=O) groups excluding carboxylic acids is 2. The number of nitrogens with one attached hydrogen (secondary N) is 1. The average molecular weight is 458 g/mol. The number of aromatic nitrogens is 1. The van der Waals surface area contributed by atoms with Crippen molar-refractivity contribution in [2.24, 2.45) is 0 Å². The highest BCUT2D eigenvalue weighted by molar-refractivity contribution is 14.1. The van der Waals surface area contributed by atoms with Gasteiger partial charge in [0.15, 0.2) is 5.01 Å². The Morgan fingerprint density at radius 3 is 2.50 bits per heavy atom. The Kier molecular flexibility index (Phi) is 6.34. The number of hydrogen-bond donors (Lipinski definition) is 1. The van der Waals surface area contributed by atoms with Crippen LogP contribution in [0.1, 0.15) is 36.1 Å². The molecule has 0 saturated heterocycles. The molecule has 0 aliphatic rings. The SMILES string of the molecule is CC(C)(C)OC(=O)N[C@@H](Cc1ccc(I)cc1)C(=O)c1nccs1. The number of carbonyl (C=O) groups is 2. The van der Waals surface area contributed by atoms with Crippen LogP contribution in [0.3, 0.4) is 0 Å². The molecule has 2 aromatic rings. The van der Waals surface area contributed by atoms with Gasteiger partial charge in [-0.2, -0.15) is 0 Å². The van der Waals surface area contributed by atoms with Crippen LogP contribution in [0.5, 0.6) is 0 Å². The quantitative estimate of drug-likeness (QED) is 0.542. The van der Waals surface area contributed by atoms with E-state index >= 15 is 0 Å². The van der Waals surface area contributed by atoms with E-state index in [-0.39, 0.29) is 5.78 Å². The highest BCUT2D eigenvalue weighted by Crippen LogP contribution is 2.14. The lowest BCUT2D eigenvalue weighted by molar-refractivity contribution is 0.0491. The van der Waals surface area contributed by atoms with Crippen LogP contribution in [0.2, 0.25) is 0 Å². The number of nitrogens with zero attached hydrogens (tertiary/aromatic N) is 1. The molecule has 0 saturated carbocycles. The van der Waals surface area contributed by atoms with Gasteiger partial charge in [0, 0.05) is 21.6 Å². The number of thiazole rings is 1. The molecule has 0 fully saturated rings. The first kappa shape index (κ1) is 18.9. The summed E-state index contributed by atoms with van der Waals surface area (Å²) >= 11 is 3.48. The Morgan fingerprint density at radius 2 is 1.96 bits per heavy atom. The first-order valence-corrected chi connectivity index (χ1v) is 9.38. The molecule has 1 amide bonds. The third-order valence-corrected chi connectivity index (χ3v) is 4.51. The van der Waals surface area contributed by atoms with Gasteiger partial charge >= 0.3 is 6.09 Å². The maximum absolute atomic E-state index is 12.7. The van der Waals surface area contributed by atoms with Crippen molar-refractivity contribution in [1.29, 1.82) is 0 Å². The van der Waals surface area contributed by atoms with Crippen molar-refractivity contribution in [2.45, 2.75) is 38.8 Å². The number of ether oxygens (including phenoxy) is 1. The lowest BCUT2D eigenvalue weighted by atomic mass is 10.0. The molecule has 0 aliphatic carbocycles. The van der Waals surface area contributed by atoms with E-state index in [2.05, 4.69) is 32.9 Å². The summed E-state index contributed by atoms with van der Waals surface area (Å²) in [6.07, 6.45) is 1.35. The molecule has 24 heavy (non-hydrogen) atoms. The second-order valence-corrected chi connectivity index (χ2v) is 8.37. The van der Waals surface area contributed by atoms with Gasteiger partial charge in [-0.15, -0.1) is 11.3 Å². The van der Waals surface area contributed by atoms with Crippen molar-refractivity contribution in [3.05, 3.63) is 50.0 Å². The first-order chi connectivity index (χ1) is 11.2. The highest BCUT2D eigenvalue weighted by atomic mass is 127. The standard InChI is InChI=1S/C17H19IN2O3S/c1-17(2,3)23-16(22)20-13(14(21)15-19-8-9-24-15)10-11-4-6-12(18)7-5-11/h4-9,13H,10H2,1-3H3,(H,20,22)/t13-/m0/s1. The molecule has 0 bridgehead atoms. The van der Waals surface area contributed by atoms with Gasteiger partial charge in [-0.3, -0.25) is 4.79 Å². The Balaban J connectivity index is 2.16. The van der Waals surface area contributed by atoms with Crippen molar-refractivity contribution in [1.82, 2.24) is 10.3 Å². The summed E-state index contributed by atoms with van der Waals surface area (Å²) in [5.74, 6) is -0.214. The fourth-order valence-electron chi connectivity index (χ4n) is 2.01. The van der Waals surface area contributed by atoms with Gasteiger partial charge in [-0.1, -0.05) is 12.1 Å². The van der Waals surface area contributed by atoms with Crippen molar-refractivity contribution in [3.8, 4) is 0 Å². The topological polar surface area (TPSA) is 68.3 Å². The molecule has 0 radical (unpaired) electrons.